The van der Waals surface area contributed by atoms with Gasteiger partial charge in [-0.05, 0) is 19.3 Å². The third-order valence-corrected chi connectivity index (χ3v) is 1.41. The number of unbranched alkanes of at least 4 members (excludes halogenated alkanes) is 2. The number of hydrogen-bond acceptors (Lipinski definition) is 2. The quantitative estimate of drug-likeness (QED) is 0.463. The Bertz CT molecular complexity index is 154. The maximum atomic E-state index is 9.98. The fourth-order valence-corrected chi connectivity index (χ4v) is 0.817. The summed E-state index contributed by atoms with van der Waals surface area (Å²) in [6.07, 6.45) is 0.217. The summed E-state index contributed by atoms with van der Waals surface area (Å²) in [6.45, 7) is 0.838. The van der Waals surface area contributed by atoms with Gasteiger partial charge in [-0.2, -0.15) is 0 Å². The van der Waals surface area contributed by atoms with Gasteiger partial charge in [-0.3, -0.25) is 0 Å². The standard InChI is InChI=1S/C7H14N2O4/c10-6(11)8-4-2-1-3-5-9-7(12)13/h8-9H,1-5H2,(H,10,11)(H,12,13). The maximum absolute atomic E-state index is 9.98. The van der Waals surface area contributed by atoms with Gasteiger partial charge in [-0.25, -0.2) is 9.59 Å². The van der Waals surface area contributed by atoms with Crippen molar-refractivity contribution in [3.05, 3.63) is 0 Å². The number of carboxylic acid groups (broad SMARTS) is 2. The zero-order valence-electron chi connectivity index (χ0n) is 7.25. The van der Waals surface area contributed by atoms with Gasteiger partial charge in [0, 0.05) is 13.1 Å². The number of nitrogens with one attached hydrogen (secondary N) is 2. The Morgan fingerprint density at radius 2 is 1.23 bits per heavy atom. The Labute approximate surface area is 75.9 Å². The Kier molecular flexibility index (Phi) is 6.39. The zero-order valence-corrected chi connectivity index (χ0v) is 7.25. The van der Waals surface area contributed by atoms with E-state index in [-0.39, 0.29) is 0 Å². The van der Waals surface area contributed by atoms with E-state index < -0.39 is 12.2 Å². The van der Waals surface area contributed by atoms with Crippen molar-refractivity contribution >= 4 is 12.2 Å². The third kappa shape index (κ3) is 10.5. The second-order valence-electron chi connectivity index (χ2n) is 2.52. The van der Waals surface area contributed by atoms with Crippen LogP contribution in [0.1, 0.15) is 19.3 Å². The normalized spacial score (nSPS) is 9.23. The average Bonchev–Trinajstić information content (AvgIpc) is 2.01. The van der Waals surface area contributed by atoms with Crippen molar-refractivity contribution in [3.8, 4) is 0 Å². The Morgan fingerprint density at radius 1 is 0.846 bits per heavy atom. The lowest BCUT2D eigenvalue weighted by Gasteiger charge is -2.01. The summed E-state index contributed by atoms with van der Waals surface area (Å²) >= 11 is 0. The van der Waals surface area contributed by atoms with Crippen molar-refractivity contribution < 1.29 is 19.8 Å². The maximum Gasteiger partial charge on any atom is 0.404 e. The molecule has 4 N–H and O–H groups in total. The fraction of sp³-hybridized carbons (Fsp3) is 0.714. The van der Waals surface area contributed by atoms with Crippen LogP contribution in [0.4, 0.5) is 9.59 Å². The molecule has 0 saturated heterocycles. The lowest BCUT2D eigenvalue weighted by Crippen LogP contribution is -2.23. The monoisotopic (exact) mass is 190 g/mol. The van der Waals surface area contributed by atoms with E-state index in [1.54, 1.807) is 0 Å². The van der Waals surface area contributed by atoms with E-state index in [1.165, 1.54) is 0 Å². The van der Waals surface area contributed by atoms with E-state index >= 15 is 0 Å². The molecular weight excluding hydrogens is 176 g/mol. The molecule has 0 spiro atoms. The summed E-state index contributed by atoms with van der Waals surface area (Å²) in [4.78, 5) is 20.0. The molecule has 0 aliphatic carbocycles. The second kappa shape index (κ2) is 7.20. The molecule has 0 rings (SSSR count). The Balaban J connectivity index is 3.00. The van der Waals surface area contributed by atoms with Crippen molar-refractivity contribution in [1.82, 2.24) is 10.6 Å². The molecule has 13 heavy (non-hydrogen) atoms. The van der Waals surface area contributed by atoms with Crippen LogP contribution in [0.15, 0.2) is 0 Å². The lowest BCUT2D eigenvalue weighted by molar-refractivity contribution is 0.194. The summed E-state index contributed by atoms with van der Waals surface area (Å²) < 4.78 is 0. The van der Waals surface area contributed by atoms with E-state index in [2.05, 4.69) is 10.6 Å². The molecule has 2 amide bonds. The van der Waals surface area contributed by atoms with Gasteiger partial charge < -0.3 is 20.8 Å². The van der Waals surface area contributed by atoms with Gasteiger partial charge in [-0.1, -0.05) is 0 Å². The Morgan fingerprint density at radius 3 is 1.54 bits per heavy atom. The van der Waals surface area contributed by atoms with Crippen LogP contribution in [0, 0.1) is 0 Å². The first kappa shape index (κ1) is 11.5. The molecule has 0 aromatic carbocycles. The van der Waals surface area contributed by atoms with Gasteiger partial charge >= 0.3 is 12.2 Å². The molecule has 0 aromatic heterocycles. The molecule has 0 radical (unpaired) electrons. The predicted octanol–water partition coefficient (Wildman–Crippen LogP) is 0.692. The minimum Gasteiger partial charge on any atom is -0.465 e. The molecule has 0 bridgehead atoms. The van der Waals surface area contributed by atoms with Crippen molar-refractivity contribution in [2.24, 2.45) is 0 Å². The van der Waals surface area contributed by atoms with Gasteiger partial charge in [-0.15, -0.1) is 0 Å². The summed E-state index contributed by atoms with van der Waals surface area (Å²) in [5, 5.41) is 20.8. The van der Waals surface area contributed by atoms with Gasteiger partial charge in [0.2, 0.25) is 0 Å². The van der Waals surface area contributed by atoms with E-state index in [1.807, 2.05) is 0 Å². The first-order chi connectivity index (χ1) is 6.13. The van der Waals surface area contributed by atoms with E-state index in [0.717, 1.165) is 19.3 Å². The summed E-state index contributed by atoms with van der Waals surface area (Å²) in [7, 11) is 0. The number of carbonyl (C=O) groups is 2. The largest absolute Gasteiger partial charge is 0.465 e. The summed E-state index contributed by atoms with van der Waals surface area (Å²) in [5.41, 5.74) is 0. The summed E-state index contributed by atoms with van der Waals surface area (Å²) in [5.74, 6) is 0. The molecule has 0 heterocycles. The molecule has 0 unspecified atom stereocenters. The second-order valence-corrected chi connectivity index (χ2v) is 2.52. The van der Waals surface area contributed by atoms with Crippen LogP contribution in [-0.4, -0.2) is 35.5 Å². The predicted molar refractivity (Wildman–Crippen MR) is 45.9 cm³/mol. The molecule has 0 saturated carbocycles. The smallest absolute Gasteiger partial charge is 0.404 e. The molecule has 6 nitrogen and oxygen atoms in total. The highest BCUT2D eigenvalue weighted by Gasteiger charge is 1.95. The number of hydrogen-bond donors (Lipinski definition) is 4. The van der Waals surface area contributed by atoms with Crippen LogP contribution in [-0.2, 0) is 0 Å². The Hall–Kier alpha value is -1.46. The lowest BCUT2D eigenvalue weighted by atomic mass is 10.2. The molecule has 6 heteroatoms. The van der Waals surface area contributed by atoms with Gasteiger partial charge in [0.1, 0.15) is 0 Å². The van der Waals surface area contributed by atoms with Crippen LogP contribution in [0.5, 0.6) is 0 Å². The highest BCUT2D eigenvalue weighted by atomic mass is 16.4. The van der Waals surface area contributed by atoms with Crippen LogP contribution in [0.25, 0.3) is 0 Å². The highest BCUT2D eigenvalue weighted by molar-refractivity contribution is 5.64. The van der Waals surface area contributed by atoms with Crippen molar-refractivity contribution in [2.75, 3.05) is 13.1 Å². The molecule has 76 valence electrons. The van der Waals surface area contributed by atoms with E-state index in [9.17, 15) is 9.59 Å². The van der Waals surface area contributed by atoms with Gasteiger partial charge in [0.05, 0.1) is 0 Å². The SMILES string of the molecule is O=C(O)NCCCCCNC(=O)O. The minimum atomic E-state index is -1.02. The molecule has 0 atom stereocenters. The minimum absolute atomic E-state index is 0.419. The van der Waals surface area contributed by atoms with Gasteiger partial charge in [0.15, 0.2) is 0 Å². The van der Waals surface area contributed by atoms with Gasteiger partial charge in [0.25, 0.3) is 0 Å². The van der Waals surface area contributed by atoms with Crippen molar-refractivity contribution in [3.63, 3.8) is 0 Å². The number of amides is 2. The highest BCUT2D eigenvalue weighted by Crippen LogP contribution is 1.91. The molecular formula is C7H14N2O4. The third-order valence-electron chi connectivity index (χ3n) is 1.41. The van der Waals surface area contributed by atoms with Crippen LogP contribution < -0.4 is 10.6 Å². The molecule has 0 aliphatic heterocycles. The summed E-state index contributed by atoms with van der Waals surface area (Å²) in [6, 6.07) is 0. The first-order valence-electron chi connectivity index (χ1n) is 4.06. The molecule has 0 fully saturated rings. The average molecular weight is 190 g/mol. The van der Waals surface area contributed by atoms with E-state index in [4.69, 9.17) is 10.2 Å². The molecule has 0 aliphatic rings. The van der Waals surface area contributed by atoms with Crippen molar-refractivity contribution in [2.45, 2.75) is 19.3 Å². The van der Waals surface area contributed by atoms with Crippen LogP contribution in [0.2, 0.25) is 0 Å². The molecule has 0 aromatic rings. The van der Waals surface area contributed by atoms with Crippen molar-refractivity contribution in [1.29, 1.82) is 0 Å². The number of rotatable bonds is 6. The zero-order chi connectivity index (χ0) is 10.1. The first-order valence-corrected chi connectivity index (χ1v) is 4.06. The van der Waals surface area contributed by atoms with E-state index in [0.29, 0.717) is 13.1 Å². The topological polar surface area (TPSA) is 98.7 Å². The van der Waals surface area contributed by atoms with Crippen LogP contribution in [0.3, 0.4) is 0 Å². The van der Waals surface area contributed by atoms with Crippen LogP contribution >= 0.6 is 0 Å². The fourth-order valence-electron chi connectivity index (χ4n) is 0.817.